The molecule has 2 aromatic heterocycles. The number of benzene rings is 1. The molecule has 3 aromatic rings. The molecular weight excluding hydrogens is 316 g/mol. The molecule has 118 valence electrons. The van der Waals surface area contributed by atoms with Gasteiger partial charge in [0.1, 0.15) is 5.82 Å². The molecule has 0 saturated carbocycles. The largest absolute Gasteiger partial charge is 0.433 e. The van der Waals surface area contributed by atoms with Crippen LogP contribution >= 0.6 is 0 Å². The molecule has 0 bridgehead atoms. The van der Waals surface area contributed by atoms with Crippen molar-refractivity contribution in [2.45, 2.75) is 13.1 Å². The van der Waals surface area contributed by atoms with Gasteiger partial charge in [-0.25, -0.2) is 14.4 Å². The SMILES string of the molecule is Cc1nnnn1-c1nc(-c2ccc(F)cc2)cc(C(F)(F)F)n1. The first-order valence-electron chi connectivity index (χ1n) is 6.32. The Morgan fingerprint density at radius 2 is 1.74 bits per heavy atom. The van der Waals surface area contributed by atoms with E-state index in [-0.39, 0.29) is 17.5 Å². The van der Waals surface area contributed by atoms with Crippen molar-refractivity contribution < 1.29 is 17.6 Å². The second-order valence-electron chi connectivity index (χ2n) is 4.58. The number of halogens is 4. The molecule has 0 unspecified atom stereocenters. The summed E-state index contributed by atoms with van der Waals surface area (Å²) in [5.74, 6) is -0.591. The summed E-state index contributed by atoms with van der Waals surface area (Å²) >= 11 is 0. The molecule has 23 heavy (non-hydrogen) atoms. The molecule has 0 radical (unpaired) electrons. The highest BCUT2D eigenvalue weighted by atomic mass is 19.4. The van der Waals surface area contributed by atoms with Gasteiger partial charge in [0.25, 0.3) is 5.95 Å². The Balaban J connectivity index is 2.20. The van der Waals surface area contributed by atoms with Crippen molar-refractivity contribution in [3.63, 3.8) is 0 Å². The first kappa shape index (κ1) is 15.0. The van der Waals surface area contributed by atoms with Gasteiger partial charge in [-0.2, -0.15) is 17.9 Å². The lowest BCUT2D eigenvalue weighted by Gasteiger charge is -2.10. The lowest BCUT2D eigenvalue weighted by Crippen LogP contribution is -2.14. The molecule has 0 aliphatic carbocycles. The molecule has 0 aliphatic rings. The molecule has 6 nitrogen and oxygen atoms in total. The third-order valence-electron chi connectivity index (χ3n) is 2.96. The zero-order valence-corrected chi connectivity index (χ0v) is 11.6. The van der Waals surface area contributed by atoms with Gasteiger partial charge in [0, 0.05) is 5.56 Å². The van der Waals surface area contributed by atoms with E-state index in [0.717, 1.165) is 22.9 Å². The second-order valence-corrected chi connectivity index (χ2v) is 4.58. The van der Waals surface area contributed by atoms with Crippen LogP contribution in [0.3, 0.4) is 0 Å². The highest BCUT2D eigenvalue weighted by molar-refractivity contribution is 5.60. The van der Waals surface area contributed by atoms with E-state index in [1.54, 1.807) is 0 Å². The standard InChI is InChI=1S/C13H8F4N6/c1-7-20-21-22-23(7)12-18-10(6-11(19-12)13(15,16)17)8-2-4-9(14)5-3-8/h2-6H,1H3. The molecule has 0 atom stereocenters. The Morgan fingerprint density at radius 1 is 1.04 bits per heavy atom. The van der Waals surface area contributed by atoms with Gasteiger partial charge in [-0.1, -0.05) is 0 Å². The average molecular weight is 324 g/mol. The van der Waals surface area contributed by atoms with Gasteiger partial charge in [-0.05, 0) is 47.7 Å². The smallest absolute Gasteiger partial charge is 0.211 e. The summed E-state index contributed by atoms with van der Waals surface area (Å²) in [5.41, 5.74) is -0.847. The molecule has 0 N–H and O–H groups in total. The van der Waals surface area contributed by atoms with Crippen LogP contribution in [-0.4, -0.2) is 30.2 Å². The van der Waals surface area contributed by atoms with E-state index in [1.807, 2.05) is 0 Å². The van der Waals surface area contributed by atoms with E-state index >= 15 is 0 Å². The normalized spacial score (nSPS) is 11.7. The molecule has 0 aliphatic heterocycles. The van der Waals surface area contributed by atoms with E-state index in [9.17, 15) is 17.6 Å². The molecule has 0 amide bonds. The van der Waals surface area contributed by atoms with Gasteiger partial charge in [0.05, 0.1) is 5.69 Å². The third-order valence-corrected chi connectivity index (χ3v) is 2.96. The summed E-state index contributed by atoms with van der Waals surface area (Å²) in [7, 11) is 0. The average Bonchev–Trinajstić information content (AvgIpc) is 2.93. The number of rotatable bonds is 2. The lowest BCUT2D eigenvalue weighted by molar-refractivity contribution is -0.141. The monoisotopic (exact) mass is 324 g/mol. The summed E-state index contributed by atoms with van der Waals surface area (Å²) in [5, 5.41) is 10.5. The summed E-state index contributed by atoms with van der Waals surface area (Å²) < 4.78 is 53.1. The van der Waals surface area contributed by atoms with Crippen LogP contribution in [0.4, 0.5) is 17.6 Å². The van der Waals surface area contributed by atoms with Crippen LogP contribution in [0.1, 0.15) is 11.5 Å². The fourth-order valence-electron chi connectivity index (χ4n) is 1.86. The zero-order chi connectivity index (χ0) is 16.6. The van der Waals surface area contributed by atoms with Crippen LogP contribution in [0.25, 0.3) is 17.2 Å². The quantitative estimate of drug-likeness (QED) is 0.678. The second kappa shape index (κ2) is 5.38. The van der Waals surface area contributed by atoms with E-state index in [0.29, 0.717) is 5.56 Å². The zero-order valence-electron chi connectivity index (χ0n) is 11.6. The number of nitrogens with zero attached hydrogens (tertiary/aromatic N) is 6. The lowest BCUT2D eigenvalue weighted by atomic mass is 10.1. The number of tetrazole rings is 1. The fourth-order valence-corrected chi connectivity index (χ4v) is 1.86. The molecule has 10 heteroatoms. The predicted octanol–water partition coefficient (Wildman–Crippen LogP) is 2.59. The van der Waals surface area contributed by atoms with Gasteiger partial charge < -0.3 is 0 Å². The molecule has 1 aromatic carbocycles. The minimum absolute atomic E-state index is 0.0165. The van der Waals surface area contributed by atoms with Gasteiger partial charge >= 0.3 is 6.18 Å². The van der Waals surface area contributed by atoms with Crippen LogP contribution < -0.4 is 0 Å². The van der Waals surface area contributed by atoms with E-state index < -0.39 is 17.7 Å². The van der Waals surface area contributed by atoms with E-state index in [4.69, 9.17) is 0 Å². The number of alkyl halides is 3. The summed E-state index contributed by atoms with van der Waals surface area (Å²) in [6.07, 6.45) is -4.67. The molecular formula is C13H8F4N6. The summed E-state index contributed by atoms with van der Waals surface area (Å²) in [4.78, 5) is 7.50. The van der Waals surface area contributed by atoms with Crippen LogP contribution in [-0.2, 0) is 6.18 Å². The molecule has 0 spiro atoms. The van der Waals surface area contributed by atoms with Crippen molar-refractivity contribution in [3.8, 4) is 17.2 Å². The van der Waals surface area contributed by atoms with Crippen molar-refractivity contribution in [3.05, 3.63) is 47.7 Å². The van der Waals surface area contributed by atoms with E-state index in [2.05, 4.69) is 25.5 Å². The van der Waals surface area contributed by atoms with Crippen LogP contribution in [0.15, 0.2) is 30.3 Å². The topological polar surface area (TPSA) is 69.4 Å². The number of aromatic nitrogens is 6. The van der Waals surface area contributed by atoms with Crippen molar-refractivity contribution in [1.29, 1.82) is 0 Å². The maximum Gasteiger partial charge on any atom is 0.433 e. The molecule has 0 fully saturated rings. The van der Waals surface area contributed by atoms with Gasteiger partial charge in [0.2, 0.25) is 0 Å². The Bertz CT molecular complexity index is 840. The molecule has 3 rings (SSSR count). The number of hydrogen-bond donors (Lipinski definition) is 0. The Labute approximate surface area is 126 Å². The first-order chi connectivity index (χ1) is 10.8. The minimum atomic E-state index is -4.67. The Kier molecular flexibility index (Phi) is 3.51. The summed E-state index contributed by atoms with van der Waals surface area (Å²) in [6, 6.07) is 5.71. The van der Waals surface area contributed by atoms with Crippen molar-refractivity contribution >= 4 is 0 Å². The highest BCUT2D eigenvalue weighted by Gasteiger charge is 2.34. The maximum atomic E-state index is 13.1. The van der Waals surface area contributed by atoms with Crippen LogP contribution in [0.5, 0.6) is 0 Å². The Hall–Kier alpha value is -2.91. The fraction of sp³-hybridized carbons (Fsp3) is 0.154. The highest BCUT2D eigenvalue weighted by Crippen LogP contribution is 2.30. The minimum Gasteiger partial charge on any atom is -0.211 e. The maximum absolute atomic E-state index is 13.1. The molecule has 0 saturated heterocycles. The van der Waals surface area contributed by atoms with Crippen molar-refractivity contribution in [2.75, 3.05) is 0 Å². The van der Waals surface area contributed by atoms with Crippen molar-refractivity contribution in [2.24, 2.45) is 0 Å². The summed E-state index contributed by atoms with van der Waals surface area (Å²) in [6.45, 7) is 1.50. The Morgan fingerprint density at radius 3 is 2.30 bits per heavy atom. The van der Waals surface area contributed by atoms with Gasteiger partial charge in [-0.3, -0.25) is 0 Å². The first-order valence-corrected chi connectivity index (χ1v) is 6.32. The number of aryl methyl sites for hydroxylation is 1. The third kappa shape index (κ3) is 3.00. The van der Waals surface area contributed by atoms with E-state index in [1.165, 1.54) is 19.1 Å². The van der Waals surface area contributed by atoms with Crippen LogP contribution in [0, 0.1) is 12.7 Å². The predicted molar refractivity (Wildman–Crippen MR) is 69.9 cm³/mol. The van der Waals surface area contributed by atoms with Gasteiger partial charge in [-0.15, -0.1) is 5.10 Å². The molecule has 2 heterocycles. The van der Waals surface area contributed by atoms with Crippen LogP contribution in [0.2, 0.25) is 0 Å². The van der Waals surface area contributed by atoms with Gasteiger partial charge in [0.15, 0.2) is 11.5 Å². The van der Waals surface area contributed by atoms with Crippen molar-refractivity contribution in [1.82, 2.24) is 30.2 Å². The number of hydrogen-bond acceptors (Lipinski definition) is 5.